The van der Waals surface area contributed by atoms with Crippen molar-refractivity contribution in [1.82, 2.24) is 10.3 Å². The second kappa shape index (κ2) is 7.98. The van der Waals surface area contributed by atoms with E-state index in [0.717, 1.165) is 30.8 Å². The second-order valence-corrected chi connectivity index (χ2v) is 7.43. The molecule has 3 heteroatoms. The fraction of sp³-hybridized carbons (Fsp3) is 0.154. The Hall–Kier alpha value is -3.30. The van der Waals surface area contributed by atoms with Gasteiger partial charge >= 0.3 is 0 Å². The highest BCUT2D eigenvalue weighted by molar-refractivity contribution is 5.94. The van der Waals surface area contributed by atoms with Gasteiger partial charge in [-0.15, -0.1) is 0 Å². The van der Waals surface area contributed by atoms with Gasteiger partial charge in [0.25, 0.3) is 0 Å². The van der Waals surface area contributed by atoms with Gasteiger partial charge in [-0.1, -0.05) is 66.7 Å². The molecule has 3 nitrogen and oxygen atoms in total. The quantitative estimate of drug-likeness (QED) is 0.424. The maximum absolute atomic E-state index is 6.32. The molecule has 1 aliphatic rings. The first-order chi connectivity index (χ1) is 14.4. The normalized spacial score (nSPS) is 15.2. The third kappa shape index (κ3) is 3.69. The standard InChI is InChI=1S/C26H24N2O/c1-3-7-19(8-4-1)17-27-16-15-21-18-28-23-12-14-25-22(26(21)23)11-13-24(29-25)20-9-5-2-6-10-20/h1-14,18,24,27-28H,15-17H2. The summed E-state index contributed by atoms with van der Waals surface area (Å²) in [4.78, 5) is 3.42. The zero-order chi connectivity index (χ0) is 19.5. The van der Waals surface area contributed by atoms with E-state index in [1.54, 1.807) is 0 Å². The Bertz CT molecular complexity index is 1130. The van der Waals surface area contributed by atoms with Gasteiger partial charge in [0.15, 0.2) is 0 Å². The summed E-state index contributed by atoms with van der Waals surface area (Å²) in [5, 5.41) is 4.82. The van der Waals surface area contributed by atoms with Crippen LogP contribution in [0.1, 0.15) is 28.4 Å². The summed E-state index contributed by atoms with van der Waals surface area (Å²) in [5.74, 6) is 0.951. The Balaban J connectivity index is 1.34. The molecule has 0 bridgehead atoms. The molecule has 0 radical (unpaired) electrons. The molecule has 3 aromatic carbocycles. The summed E-state index contributed by atoms with van der Waals surface area (Å²) >= 11 is 0. The average molecular weight is 380 g/mol. The van der Waals surface area contributed by atoms with Crippen LogP contribution in [0.25, 0.3) is 17.0 Å². The smallest absolute Gasteiger partial charge is 0.142 e. The van der Waals surface area contributed by atoms with Crippen LogP contribution in [-0.2, 0) is 13.0 Å². The molecule has 1 aromatic heterocycles. The monoisotopic (exact) mass is 380 g/mol. The van der Waals surface area contributed by atoms with Crippen molar-refractivity contribution >= 4 is 17.0 Å². The molecule has 29 heavy (non-hydrogen) atoms. The second-order valence-electron chi connectivity index (χ2n) is 7.43. The Morgan fingerprint density at radius 3 is 2.52 bits per heavy atom. The van der Waals surface area contributed by atoms with Gasteiger partial charge in [0, 0.05) is 29.2 Å². The zero-order valence-electron chi connectivity index (χ0n) is 16.3. The largest absolute Gasteiger partial charge is 0.481 e. The van der Waals surface area contributed by atoms with Gasteiger partial charge in [-0.05, 0) is 47.9 Å². The van der Waals surface area contributed by atoms with E-state index in [1.165, 1.54) is 27.6 Å². The van der Waals surface area contributed by atoms with Gasteiger partial charge in [0.05, 0.1) is 0 Å². The van der Waals surface area contributed by atoms with Crippen molar-refractivity contribution in [3.63, 3.8) is 0 Å². The lowest BCUT2D eigenvalue weighted by molar-refractivity contribution is 0.252. The predicted molar refractivity (Wildman–Crippen MR) is 119 cm³/mol. The van der Waals surface area contributed by atoms with Crippen molar-refractivity contribution in [2.75, 3.05) is 6.54 Å². The molecule has 0 fully saturated rings. The van der Waals surface area contributed by atoms with Gasteiger partial charge in [-0.3, -0.25) is 0 Å². The molecule has 4 aromatic rings. The Labute approximate surface area is 171 Å². The first-order valence-corrected chi connectivity index (χ1v) is 10.2. The average Bonchev–Trinajstić information content (AvgIpc) is 3.21. The fourth-order valence-electron chi connectivity index (χ4n) is 4.00. The number of H-pyrrole nitrogens is 1. The molecule has 1 atom stereocenters. The van der Waals surface area contributed by atoms with Gasteiger partial charge < -0.3 is 15.0 Å². The molecule has 0 amide bonds. The van der Waals surface area contributed by atoms with Crippen molar-refractivity contribution in [1.29, 1.82) is 0 Å². The zero-order valence-corrected chi connectivity index (χ0v) is 16.3. The Morgan fingerprint density at radius 1 is 0.897 bits per heavy atom. The van der Waals surface area contributed by atoms with Crippen molar-refractivity contribution < 1.29 is 4.74 Å². The van der Waals surface area contributed by atoms with Crippen LogP contribution in [0.5, 0.6) is 5.75 Å². The van der Waals surface area contributed by atoms with Gasteiger partial charge in [0.1, 0.15) is 11.9 Å². The maximum atomic E-state index is 6.32. The number of ether oxygens (including phenoxy) is 1. The van der Waals surface area contributed by atoms with Gasteiger partial charge in [0.2, 0.25) is 0 Å². The minimum Gasteiger partial charge on any atom is -0.481 e. The molecule has 0 spiro atoms. The third-order valence-corrected chi connectivity index (χ3v) is 5.49. The Morgan fingerprint density at radius 2 is 1.69 bits per heavy atom. The topological polar surface area (TPSA) is 37.0 Å². The highest BCUT2D eigenvalue weighted by Crippen LogP contribution is 2.38. The molecular weight excluding hydrogens is 356 g/mol. The van der Waals surface area contributed by atoms with Crippen molar-refractivity contribution in [3.8, 4) is 5.75 Å². The Kier molecular flexibility index (Phi) is 4.89. The van der Waals surface area contributed by atoms with Crippen LogP contribution in [0.2, 0.25) is 0 Å². The first-order valence-electron chi connectivity index (χ1n) is 10.2. The number of rotatable bonds is 6. The summed E-state index contributed by atoms with van der Waals surface area (Å²) in [5.41, 5.74) is 6.15. The molecule has 5 rings (SSSR count). The summed E-state index contributed by atoms with van der Waals surface area (Å²) in [6.45, 7) is 1.83. The molecular formula is C26H24N2O. The fourth-order valence-corrected chi connectivity index (χ4v) is 4.00. The molecule has 0 aliphatic carbocycles. The van der Waals surface area contributed by atoms with Crippen LogP contribution in [0, 0.1) is 0 Å². The van der Waals surface area contributed by atoms with Crippen molar-refractivity contribution in [2.24, 2.45) is 0 Å². The van der Waals surface area contributed by atoms with E-state index >= 15 is 0 Å². The summed E-state index contributed by atoms with van der Waals surface area (Å²) in [7, 11) is 0. The van der Waals surface area contributed by atoms with Crippen LogP contribution >= 0.6 is 0 Å². The molecule has 0 saturated carbocycles. The van der Waals surface area contributed by atoms with Crippen LogP contribution in [0.15, 0.2) is 85.1 Å². The SMILES string of the molecule is C1=CC(c2ccccc2)Oc2ccc3[nH]cc(CCNCc4ccccc4)c3c21. The van der Waals surface area contributed by atoms with Crippen LogP contribution in [0.4, 0.5) is 0 Å². The minimum atomic E-state index is -0.0314. The number of benzene rings is 3. The number of aromatic nitrogens is 1. The molecule has 2 N–H and O–H groups in total. The molecule has 1 aliphatic heterocycles. The van der Waals surface area contributed by atoms with E-state index in [4.69, 9.17) is 4.74 Å². The van der Waals surface area contributed by atoms with Gasteiger partial charge in [-0.2, -0.15) is 0 Å². The number of hydrogen-bond acceptors (Lipinski definition) is 2. The van der Waals surface area contributed by atoms with E-state index in [1.807, 2.05) is 6.07 Å². The van der Waals surface area contributed by atoms with E-state index in [0.29, 0.717) is 0 Å². The minimum absolute atomic E-state index is 0.0314. The van der Waals surface area contributed by atoms with Crippen LogP contribution in [0.3, 0.4) is 0 Å². The highest BCUT2D eigenvalue weighted by atomic mass is 16.5. The van der Waals surface area contributed by atoms with Crippen LogP contribution < -0.4 is 10.1 Å². The predicted octanol–water partition coefficient (Wildman–Crippen LogP) is 5.65. The van der Waals surface area contributed by atoms with Gasteiger partial charge in [-0.25, -0.2) is 0 Å². The number of hydrogen-bond donors (Lipinski definition) is 2. The highest BCUT2D eigenvalue weighted by Gasteiger charge is 2.20. The van der Waals surface area contributed by atoms with E-state index in [2.05, 4.69) is 95.4 Å². The van der Waals surface area contributed by atoms with Crippen LogP contribution in [-0.4, -0.2) is 11.5 Å². The number of aromatic amines is 1. The number of nitrogens with one attached hydrogen (secondary N) is 2. The summed E-state index contributed by atoms with van der Waals surface area (Å²) in [6.07, 6.45) is 7.44. The summed E-state index contributed by atoms with van der Waals surface area (Å²) < 4.78 is 6.32. The first kappa shape index (κ1) is 17.8. The van der Waals surface area contributed by atoms with Crippen molar-refractivity contribution in [3.05, 3.63) is 107 Å². The molecule has 1 unspecified atom stereocenters. The van der Waals surface area contributed by atoms with E-state index in [9.17, 15) is 0 Å². The lowest BCUT2D eigenvalue weighted by Gasteiger charge is -2.22. The lowest BCUT2D eigenvalue weighted by Crippen LogP contribution is -2.16. The van der Waals surface area contributed by atoms with Crippen molar-refractivity contribution in [2.45, 2.75) is 19.1 Å². The third-order valence-electron chi connectivity index (χ3n) is 5.49. The van der Waals surface area contributed by atoms with E-state index in [-0.39, 0.29) is 6.10 Å². The molecule has 0 saturated heterocycles. The summed E-state index contributed by atoms with van der Waals surface area (Å²) in [6, 6.07) is 25.1. The lowest BCUT2D eigenvalue weighted by atomic mass is 9.99. The van der Waals surface area contributed by atoms with E-state index < -0.39 is 0 Å². The number of fused-ring (bicyclic) bond motifs is 3. The molecule has 144 valence electrons. The molecule has 2 heterocycles. The maximum Gasteiger partial charge on any atom is 0.142 e.